The maximum atomic E-state index is 12.6. The molecule has 1 aliphatic rings. The molecule has 1 unspecified atom stereocenters. The number of hydrogen-bond acceptors (Lipinski definition) is 3. The smallest absolute Gasteiger partial charge is 0.240 e. The summed E-state index contributed by atoms with van der Waals surface area (Å²) in [5.41, 5.74) is 7.06. The van der Waals surface area contributed by atoms with E-state index in [2.05, 4.69) is 6.58 Å². The standard InChI is InChI=1S/C17H24N2O2/c1-2-11-19(14-5-3-4-6-14)17(21)16(18)12-13-7-9-15(20)10-8-13/h2,7-10,14,16,20H,1,3-6,11-12,18H2. The van der Waals surface area contributed by atoms with Crippen molar-refractivity contribution in [2.75, 3.05) is 6.54 Å². The number of nitrogens with two attached hydrogens (primary N) is 1. The van der Waals surface area contributed by atoms with Crippen LogP contribution < -0.4 is 5.73 Å². The van der Waals surface area contributed by atoms with Gasteiger partial charge in [-0.15, -0.1) is 6.58 Å². The number of phenolic OH excluding ortho intramolecular Hbond substituents is 1. The van der Waals surface area contributed by atoms with E-state index in [1.807, 2.05) is 4.90 Å². The first-order chi connectivity index (χ1) is 10.1. The van der Waals surface area contributed by atoms with Gasteiger partial charge >= 0.3 is 0 Å². The van der Waals surface area contributed by atoms with Gasteiger partial charge in [0.2, 0.25) is 5.91 Å². The van der Waals surface area contributed by atoms with Crippen LogP contribution in [0, 0.1) is 0 Å². The van der Waals surface area contributed by atoms with Crippen LogP contribution in [0.5, 0.6) is 5.75 Å². The van der Waals surface area contributed by atoms with E-state index in [0.717, 1.165) is 18.4 Å². The Morgan fingerprint density at radius 3 is 2.57 bits per heavy atom. The van der Waals surface area contributed by atoms with E-state index < -0.39 is 6.04 Å². The minimum Gasteiger partial charge on any atom is -0.508 e. The molecule has 0 radical (unpaired) electrons. The molecule has 3 N–H and O–H groups in total. The summed E-state index contributed by atoms with van der Waals surface area (Å²) in [5.74, 6) is 0.216. The third kappa shape index (κ3) is 4.08. The van der Waals surface area contributed by atoms with E-state index in [0.29, 0.717) is 19.0 Å². The Bertz CT molecular complexity index is 478. The van der Waals surface area contributed by atoms with E-state index >= 15 is 0 Å². The normalized spacial score (nSPS) is 16.6. The summed E-state index contributed by atoms with van der Waals surface area (Å²) in [4.78, 5) is 14.5. The molecule has 1 aromatic carbocycles. The SMILES string of the molecule is C=CCN(C(=O)C(N)Cc1ccc(O)cc1)C1CCCC1. The van der Waals surface area contributed by atoms with Crippen LogP contribution in [0.1, 0.15) is 31.2 Å². The Balaban J connectivity index is 2.01. The fourth-order valence-electron chi connectivity index (χ4n) is 2.96. The van der Waals surface area contributed by atoms with Crippen molar-refractivity contribution in [1.29, 1.82) is 0 Å². The van der Waals surface area contributed by atoms with Crippen molar-refractivity contribution in [2.45, 2.75) is 44.2 Å². The average Bonchev–Trinajstić information content (AvgIpc) is 3.00. The molecule has 1 amide bonds. The minimum atomic E-state index is -0.546. The Morgan fingerprint density at radius 1 is 1.38 bits per heavy atom. The van der Waals surface area contributed by atoms with Gasteiger partial charge in [-0.1, -0.05) is 31.1 Å². The van der Waals surface area contributed by atoms with Crippen molar-refractivity contribution >= 4 is 5.91 Å². The molecule has 0 aromatic heterocycles. The molecule has 0 aliphatic heterocycles. The summed E-state index contributed by atoms with van der Waals surface area (Å²) >= 11 is 0. The molecule has 0 heterocycles. The van der Waals surface area contributed by atoms with Crippen LogP contribution in [0.15, 0.2) is 36.9 Å². The van der Waals surface area contributed by atoms with Crippen LogP contribution in [-0.2, 0) is 11.2 Å². The second kappa shape index (κ2) is 7.27. The average molecular weight is 288 g/mol. The Hall–Kier alpha value is -1.81. The zero-order chi connectivity index (χ0) is 15.2. The van der Waals surface area contributed by atoms with Crippen molar-refractivity contribution in [3.8, 4) is 5.75 Å². The predicted octanol–water partition coefficient (Wildman–Crippen LogP) is 2.22. The predicted molar refractivity (Wildman–Crippen MR) is 84.0 cm³/mol. The van der Waals surface area contributed by atoms with Crippen molar-refractivity contribution in [3.05, 3.63) is 42.5 Å². The van der Waals surface area contributed by atoms with Crippen molar-refractivity contribution < 1.29 is 9.90 Å². The second-order valence-electron chi connectivity index (χ2n) is 5.69. The highest BCUT2D eigenvalue weighted by Gasteiger charge is 2.28. The van der Waals surface area contributed by atoms with Gasteiger partial charge in [-0.25, -0.2) is 0 Å². The molecular formula is C17H24N2O2. The molecule has 0 bridgehead atoms. The van der Waals surface area contributed by atoms with E-state index in [4.69, 9.17) is 5.73 Å². The van der Waals surface area contributed by atoms with E-state index in [9.17, 15) is 9.90 Å². The first-order valence-corrected chi connectivity index (χ1v) is 7.56. The molecule has 1 atom stereocenters. The van der Waals surface area contributed by atoms with Crippen molar-refractivity contribution in [1.82, 2.24) is 4.90 Å². The molecule has 1 aromatic rings. The van der Waals surface area contributed by atoms with Gasteiger partial charge in [0.1, 0.15) is 5.75 Å². The third-order valence-corrected chi connectivity index (χ3v) is 4.08. The number of benzene rings is 1. The van der Waals surface area contributed by atoms with E-state index in [-0.39, 0.29) is 11.7 Å². The molecule has 1 aliphatic carbocycles. The molecule has 0 spiro atoms. The van der Waals surface area contributed by atoms with Crippen molar-refractivity contribution in [3.63, 3.8) is 0 Å². The number of hydrogen-bond donors (Lipinski definition) is 2. The lowest BCUT2D eigenvalue weighted by Crippen LogP contribution is -2.48. The largest absolute Gasteiger partial charge is 0.508 e. The molecule has 0 saturated heterocycles. The quantitative estimate of drug-likeness (QED) is 0.789. The first kappa shape index (κ1) is 15.6. The highest BCUT2D eigenvalue weighted by molar-refractivity contribution is 5.82. The molecular weight excluding hydrogens is 264 g/mol. The molecule has 1 saturated carbocycles. The number of carbonyl (C=O) groups is 1. The minimum absolute atomic E-state index is 0.00475. The van der Waals surface area contributed by atoms with Gasteiger partial charge in [0.15, 0.2) is 0 Å². The number of amides is 1. The first-order valence-electron chi connectivity index (χ1n) is 7.56. The summed E-state index contributed by atoms with van der Waals surface area (Å²) in [6.07, 6.45) is 6.73. The number of nitrogens with zero attached hydrogens (tertiary/aromatic N) is 1. The number of aromatic hydroxyl groups is 1. The molecule has 21 heavy (non-hydrogen) atoms. The Labute approximate surface area is 126 Å². The summed E-state index contributed by atoms with van der Waals surface area (Å²) in [6.45, 7) is 4.31. The molecule has 2 rings (SSSR count). The number of carbonyl (C=O) groups excluding carboxylic acids is 1. The van der Waals surface area contributed by atoms with Crippen LogP contribution in [0.25, 0.3) is 0 Å². The summed E-state index contributed by atoms with van der Waals surface area (Å²) < 4.78 is 0. The maximum Gasteiger partial charge on any atom is 0.240 e. The Morgan fingerprint density at radius 2 is 2.00 bits per heavy atom. The zero-order valence-corrected chi connectivity index (χ0v) is 12.4. The van der Waals surface area contributed by atoms with Crippen LogP contribution in [0.4, 0.5) is 0 Å². The van der Waals surface area contributed by atoms with E-state index in [1.165, 1.54) is 12.8 Å². The van der Waals surface area contributed by atoms with Gasteiger partial charge in [-0.3, -0.25) is 4.79 Å². The van der Waals surface area contributed by atoms with Gasteiger partial charge in [0.25, 0.3) is 0 Å². The molecule has 4 nitrogen and oxygen atoms in total. The highest BCUT2D eigenvalue weighted by Crippen LogP contribution is 2.24. The van der Waals surface area contributed by atoms with Crippen LogP contribution in [-0.4, -0.2) is 34.5 Å². The summed E-state index contributed by atoms with van der Waals surface area (Å²) in [5, 5.41) is 9.28. The lowest BCUT2D eigenvalue weighted by atomic mass is 10.0. The van der Waals surface area contributed by atoms with Crippen LogP contribution in [0.3, 0.4) is 0 Å². The number of phenols is 1. The van der Waals surface area contributed by atoms with Gasteiger partial charge in [-0.2, -0.15) is 0 Å². The van der Waals surface area contributed by atoms with E-state index in [1.54, 1.807) is 30.3 Å². The Kier molecular flexibility index (Phi) is 5.39. The summed E-state index contributed by atoms with van der Waals surface area (Å²) in [7, 11) is 0. The number of rotatable bonds is 6. The molecule has 1 fully saturated rings. The maximum absolute atomic E-state index is 12.6. The van der Waals surface area contributed by atoms with Gasteiger partial charge in [0.05, 0.1) is 6.04 Å². The van der Waals surface area contributed by atoms with Gasteiger partial charge in [-0.05, 0) is 37.0 Å². The van der Waals surface area contributed by atoms with Gasteiger partial charge in [0, 0.05) is 12.6 Å². The summed E-state index contributed by atoms with van der Waals surface area (Å²) in [6, 6.07) is 6.60. The monoisotopic (exact) mass is 288 g/mol. The topological polar surface area (TPSA) is 66.6 Å². The highest BCUT2D eigenvalue weighted by atomic mass is 16.3. The molecule has 4 heteroatoms. The lowest BCUT2D eigenvalue weighted by Gasteiger charge is -2.30. The zero-order valence-electron chi connectivity index (χ0n) is 12.4. The lowest BCUT2D eigenvalue weighted by molar-refractivity contribution is -0.134. The van der Waals surface area contributed by atoms with Crippen LogP contribution in [0.2, 0.25) is 0 Å². The second-order valence-corrected chi connectivity index (χ2v) is 5.69. The third-order valence-electron chi connectivity index (χ3n) is 4.08. The fourth-order valence-corrected chi connectivity index (χ4v) is 2.96. The van der Waals surface area contributed by atoms with Crippen LogP contribution >= 0.6 is 0 Å². The fraction of sp³-hybridized carbons (Fsp3) is 0.471. The van der Waals surface area contributed by atoms with Gasteiger partial charge < -0.3 is 15.7 Å². The molecule has 114 valence electrons. The van der Waals surface area contributed by atoms with Crippen molar-refractivity contribution in [2.24, 2.45) is 5.73 Å².